The van der Waals surface area contributed by atoms with Crippen LogP contribution in [-0.4, -0.2) is 48.8 Å². The van der Waals surface area contributed by atoms with E-state index in [1.165, 1.54) is 0 Å². The van der Waals surface area contributed by atoms with Gasteiger partial charge in [0, 0.05) is 31.0 Å². The molecule has 8 nitrogen and oxygen atoms in total. The number of ether oxygens (including phenoxy) is 3. The van der Waals surface area contributed by atoms with Crippen molar-refractivity contribution in [3.05, 3.63) is 53.9 Å². The second-order valence-electron chi connectivity index (χ2n) is 7.01. The summed E-state index contributed by atoms with van der Waals surface area (Å²) >= 11 is 0. The van der Waals surface area contributed by atoms with Crippen molar-refractivity contribution in [3.8, 4) is 28.7 Å². The second-order valence-corrected chi connectivity index (χ2v) is 7.01. The number of amides is 1. The van der Waals surface area contributed by atoms with E-state index in [9.17, 15) is 4.79 Å². The van der Waals surface area contributed by atoms with Gasteiger partial charge in [0.1, 0.15) is 17.2 Å². The third kappa shape index (κ3) is 3.80. The average molecular weight is 409 g/mol. The fourth-order valence-electron chi connectivity index (χ4n) is 3.64. The molecule has 2 heterocycles. The smallest absolute Gasteiger partial charge is 0.261 e. The molecule has 1 aromatic heterocycles. The van der Waals surface area contributed by atoms with Gasteiger partial charge < -0.3 is 23.6 Å². The molecule has 0 N–H and O–H groups in total. The van der Waals surface area contributed by atoms with Crippen molar-refractivity contribution in [2.24, 2.45) is 0 Å². The summed E-state index contributed by atoms with van der Waals surface area (Å²) in [5.41, 5.74) is 1.61. The van der Waals surface area contributed by atoms with Crippen molar-refractivity contribution in [1.82, 2.24) is 15.0 Å². The highest BCUT2D eigenvalue weighted by Gasteiger charge is 2.34. The normalized spacial score (nSPS) is 16.0. The third-order valence-electron chi connectivity index (χ3n) is 5.21. The summed E-state index contributed by atoms with van der Waals surface area (Å²) in [4.78, 5) is 18.9. The molecule has 1 aliphatic heterocycles. The number of para-hydroxylation sites is 1. The summed E-state index contributed by atoms with van der Waals surface area (Å²) in [7, 11) is 4.81. The number of aromatic nitrogens is 2. The first-order valence-electron chi connectivity index (χ1n) is 9.58. The first-order valence-corrected chi connectivity index (χ1v) is 9.58. The fraction of sp³-hybridized carbons (Fsp3) is 0.318. The summed E-state index contributed by atoms with van der Waals surface area (Å²) in [6.45, 7) is 0.928. The number of hydrogen-bond acceptors (Lipinski definition) is 7. The summed E-state index contributed by atoms with van der Waals surface area (Å²) in [5, 5.41) is 4.12. The van der Waals surface area contributed by atoms with Crippen molar-refractivity contribution in [2.75, 3.05) is 27.9 Å². The largest absolute Gasteiger partial charge is 0.497 e. The zero-order valence-electron chi connectivity index (χ0n) is 17.1. The molecule has 2 aromatic carbocycles. The molecule has 0 bridgehead atoms. The van der Waals surface area contributed by atoms with Crippen LogP contribution in [-0.2, 0) is 11.3 Å². The fourth-order valence-corrected chi connectivity index (χ4v) is 3.64. The van der Waals surface area contributed by atoms with Gasteiger partial charge >= 0.3 is 0 Å². The van der Waals surface area contributed by atoms with Gasteiger partial charge in [-0.15, -0.1) is 0 Å². The van der Waals surface area contributed by atoms with Crippen molar-refractivity contribution in [1.29, 1.82) is 0 Å². The predicted molar refractivity (Wildman–Crippen MR) is 109 cm³/mol. The topological polar surface area (TPSA) is 86.9 Å². The van der Waals surface area contributed by atoms with Gasteiger partial charge in [0.25, 0.3) is 5.89 Å². The zero-order chi connectivity index (χ0) is 21.1. The van der Waals surface area contributed by atoms with Crippen molar-refractivity contribution in [3.63, 3.8) is 0 Å². The molecule has 1 amide bonds. The maximum absolute atomic E-state index is 12.6. The first kappa shape index (κ1) is 19.8. The van der Waals surface area contributed by atoms with E-state index in [4.69, 9.17) is 18.7 Å². The predicted octanol–water partition coefficient (Wildman–Crippen LogP) is 3.28. The third-order valence-corrected chi connectivity index (χ3v) is 5.21. The first-order chi connectivity index (χ1) is 14.6. The number of rotatable bonds is 7. The molecule has 0 radical (unpaired) electrons. The van der Waals surface area contributed by atoms with Gasteiger partial charge in [-0.1, -0.05) is 17.3 Å². The minimum absolute atomic E-state index is 0.0357. The molecule has 1 atom stereocenters. The van der Waals surface area contributed by atoms with Crippen LogP contribution in [0.1, 0.15) is 23.7 Å². The number of benzene rings is 2. The summed E-state index contributed by atoms with van der Waals surface area (Å²) < 4.78 is 21.5. The van der Waals surface area contributed by atoms with Crippen LogP contribution in [0.5, 0.6) is 17.2 Å². The molecule has 3 aromatic rings. The number of hydrogen-bond donors (Lipinski definition) is 0. The van der Waals surface area contributed by atoms with Crippen LogP contribution in [0.15, 0.2) is 47.0 Å². The van der Waals surface area contributed by atoms with Crippen LogP contribution < -0.4 is 14.2 Å². The Kier molecular flexibility index (Phi) is 5.56. The Hall–Kier alpha value is -3.55. The molecule has 0 spiro atoms. The van der Waals surface area contributed by atoms with Gasteiger partial charge in [-0.3, -0.25) is 4.79 Å². The van der Waals surface area contributed by atoms with E-state index in [-0.39, 0.29) is 11.8 Å². The Bertz CT molecular complexity index is 1050. The lowest BCUT2D eigenvalue weighted by Crippen LogP contribution is -2.24. The Labute approximate surface area is 174 Å². The highest BCUT2D eigenvalue weighted by molar-refractivity contribution is 5.79. The van der Waals surface area contributed by atoms with Gasteiger partial charge in [0.05, 0.1) is 26.9 Å². The summed E-state index contributed by atoms with van der Waals surface area (Å²) in [6, 6.07) is 13.0. The Morgan fingerprint density at radius 2 is 1.87 bits per heavy atom. The van der Waals surface area contributed by atoms with Gasteiger partial charge in [-0.2, -0.15) is 4.98 Å². The molecule has 156 valence electrons. The monoisotopic (exact) mass is 409 g/mol. The van der Waals surface area contributed by atoms with Crippen LogP contribution >= 0.6 is 0 Å². The Morgan fingerprint density at radius 3 is 2.63 bits per heavy atom. The van der Waals surface area contributed by atoms with Crippen molar-refractivity contribution in [2.45, 2.75) is 18.9 Å². The van der Waals surface area contributed by atoms with Crippen LogP contribution in [0.4, 0.5) is 0 Å². The lowest BCUT2D eigenvalue weighted by molar-refractivity contribution is -0.128. The Balaban J connectivity index is 1.52. The van der Waals surface area contributed by atoms with Crippen LogP contribution in [0.3, 0.4) is 0 Å². The number of nitrogens with zero attached hydrogens (tertiary/aromatic N) is 3. The lowest BCUT2D eigenvalue weighted by Gasteiger charge is -2.18. The second kappa shape index (κ2) is 8.44. The molecule has 1 saturated heterocycles. The number of likely N-dealkylation sites (tertiary alicyclic amines) is 1. The standard InChI is InChI=1S/C22H23N3O5/c1-27-16-8-9-18(28-2)14(10-16)12-25-13-15(11-20(25)26)21-23-22(30-24-21)17-6-4-5-7-19(17)29-3/h4-10,15H,11-13H2,1-3H3. The molecule has 1 unspecified atom stereocenters. The number of carbonyl (C=O) groups is 1. The molecular formula is C22H23N3O5. The molecule has 0 saturated carbocycles. The molecule has 1 fully saturated rings. The highest BCUT2D eigenvalue weighted by atomic mass is 16.5. The molecule has 1 aliphatic rings. The lowest BCUT2D eigenvalue weighted by atomic mass is 10.1. The van der Waals surface area contributed by atoms with Crippen molar-refractivity contribution < 1.29 is 23.5 Å². The van der Waals surface area contributed by atoms with Gasteiger partial charge in [-0.05, 0) is 30.3 Å². The van der Waals surface area contributed by atoms with Gasteiger partial charge in [-0.25, -0.2) is 0 Å². The molecule has 8 heteroatoms. The van der Waals surface area contributed by atoms with Crippen LogP contribution in [0.25, 0.3) is 11.5 Å². The molecule has 0 aliphatic carbocycles. The van der Waals surface area contributed by atoms with E-state index in [0.29, 0.717) is 48.5 Å². The van der Waals surface area contributed by atoms with Gasteiger partial charge in [0.2, 0.25) is 5.91 Å². The van der Waals surface area contributed by atoms with E-state index in [1.807, 2.05) is 42.5 Å². The molecule has 4 rings (SSSR count). The van der Waals surface area contributed by atoms with E-state index >= 15 is 0 Å². The van der Waals surface area contributed by atoms with Crippen LogP contribution in [0.2, 0.25) is 0 Å². The number of carbonyl (C=O) groups excluding carboxylic acids is 1. The zero-order valence-corrected chi connectivity index (χ0v) is 17.1. The highest BCUT2D eigenvalue weighted by Crippen LogP contribution is 2.33. The minimum Gasteiger partial charge on any atom is -0.497 e. The van der Waals surface area contributed by atoms with E-state index in [0.717, 1.165) is 11.1 Å². The van der Waals surface area contributed by atoms with Crippen LogP contribution in [0, 0.1) is 0 Å². The minimum atomic E-state index is -0.138. The molecular weight excluding hydrogens is 386 g/mol. The van der Waals surface area contributed by atoms with E-state index < -0.39 is 0 Å². The summed E-state index contributed by atoms with van der Waals surface area (Å²) in [6.07, 6.45) is 0.331. The van der Waals surface area contributed by atoms with Gasteiger partial charge in [0.15, 0.2) is 5.82 Å². The molecule has 30 heavy (non-hydrogen) atoms. The van der Waals surface area contributed by atoms with Crippen molar-refractivity contribution >= 4 is 5.91 Å². The maximum atomic E-state index is 12.6. The SMILES string of the molecule is COc1ccc(OC)c(CN2CC(c3noc(-c4ccccc4OC)n3)CC2=O)c1. The number of methoxy groups -OCH3 is 3. The average Bonchev–Trinajstić information content (AvgIpc) is 3.41. The maximum Gasteiger partial charge on any atom is 0.261 e. The Morgan fingerprint density at radius 1 is 1.07 bits per heavy atom. The summed E-state index contributed by atoms with van der Waals surface area (Å²) in [5.74, 6) is 2.88. The van der Waals surface area contributed by atoms with E-state index in [2.05, 4.69) is 10.1 Å². The quantitative estimate of drug-likeness (QED) is 0.592. The van der Waals surface area contributed by atoms with E-state index in [1.54, 1.807) is 26.2 Å².